The van der Waals surface area contributed by atoms with E-state index >= 15 is 0 Å². The highest BCUT2D eigenvalue weighted by Gasteiger charge is 2.32. The largest absolute Gasteiger partial charge is 0.419 e. The van der Waals surface area contributed by atoms with E-state index < -0.39 is 11.7 Å². The molecular weight excluding hydrogens is 223 g/mol. The number of nitrogens with two attached hydrogens (primary N) is 1. The molecule has 0 aliphatic heterocycles. The molecule has 0 aliphatic carbocycles. The molecule has 0 aliphatic rings. The lowest BCUT2D eigenvalue weighted by atomic mass is 10.4. The molecule has 0 aromatic carbocycles. The molecule has 2 heterocycles. The zero-order valence-corrected chi connectivity index (χ0v) is 7.81. The van der Waals surface area contributed by atoms with Crippen LogP contribution in [0, 0.1) is 0 Å². The summed E-state index contributed by atoms with van der Waals surface area (Å²) < 4.78 is 37.8. The topological polar surface area (TPSA) is 69.6 Å². The Hall–Kier alpha value is -2.12. The van der Waals surface area contributed by atoms with E-state index in [1.54, 1.807) is 0 Å². The van der Waals surface area contributed by atoms with Gasteiger partial charge in [-0.1, -0.05) is 0 Å². The molecule has 0 saturated heterocycles. The fraction of sp³-hybridized carbons (Fsp3) is 0.125. The summed E-state index contributed by atoms with van der Waals surface area (Å²) in [6, 6.07) is 2.85. The number of alkyl halides is 3. The number of aromatic nitrogens is 4. The normalized spacial score (nSPS) is 11.7. The summed E-state index contributed by atoms with van der Waals surface area (Å²) in [5.74, 6) is 0.358. The van der Waals surface area contributed by atoms with Crippen LogP contribution in [-0.4, -0.2) is 20.0 Å². The van der Waals surface area contributed by atoms with Crippen LogP contribution >= 0.6 is 0 Å². The lowest BCUT2D eigenvalue weighted by Crippen LogP contribution is -2.04. The van der Waals surface area contributed by atoms with E-state index in [0.29, 0.717) is 0 Å². The molecule has 0 radical (unpaired) electrons. The third-order valence-electron chi connectivity index (χ3n) is 1.82. The summed E-state index contributed by atoms with van der Waals surface area (Å²) in [5.41, 5.74) is 4.45. The van der Waals surface area contributed by atoms with Gasteiger partial charge in [0.15, 0.2) is 5.82 Å². The number of anilines is 1. The van der Waals surface area contributed by atoms with Gasteiger partial charge in [-0.3, -0.25) is 0 Å². The lowest BCUT2D eigenvalue weighted by Gasteiger charge is -2.01. The monoisotopic (exact) mass is 229 g/mol. The van der Waals surface area contributed by atoms with Gasteiger partial charge in [0.05, 0.1) is 11.8 Å². The molecule has 0 fully saturated rings. The standard InChI is InChI=1S/C8H6F3N5/c9-8(10,11)5-3-13-16(4-5)7-2-1-6(12)14-15-7/h1-4H,(H2,12,14). The molecule has 84 valence electrons. The number of halogens is 3. The SMILES string of the molecule is Nc1ccc(-n2cc(C(F)(F)F)cn2)nn1. The average molecular weight is 229 g/mol. The molecule has 0 bridgehead atoms. The van der Waals surface area contributed by atoms with Gasteiger partial charge in [0.1, 0.15) is 5.82 Å². The molecule has 0 atom stereocenters. The van der Waals surface area contributed by atoms with Crippen LogP contribution in [-0.2, 0) is 6.18 Å². The summed E-state index contributed by atoms with van der Waals surface area (Å²) in [6.45, 7) is 0. The predicted octanol–water partition coefficient (Wildman–Crippen LogP) is 1.26. The maximum Gasteiger partial charge on any atom is 0.419 e. The lowest BCUT2D eigenvalue weighted by molar-refractivity contribution is -0.137. The number of hydrogen-bond donors (Lipinski definition) is 1. The molecule has 0 amide bonds. The first-order valence-electron chi connectivity index (χ1n) is 4.18. The van der Waals surface area contributed by atoms with Crippen molar-refractivity contribution in [3.63, 3.8) is 0 Å². The quantitative estimate of drug-likeness (QED) is 0.799. The number of hydrogen-bond acceptors (Lipinski definition) is 4. The summed E-state index contributed by atoms with van der Waals surface area (Å²) in [6.07, 6.45) is -2.86. The average Bonchev–Trinajstić information content (AvgIpc) is 2.67. The Morgan fingerprint density at radius 3 is 2.44 bits per heavy atom. The third-order valence-corrected chi connectivity index (χ3v) is 1.82. The number of nitrogens with zero attached hydrogens (tertiary/aromatic N) is 4. The van der Waals surface area contributed by atoms with Crippen LogP contribution in [0.2, 0.25) is 0 Å². The van der Waals surface area contributed by atoms with Crippen LogP contribution in [0.5, 0.6) is 0 Å². The molecule has 0 spiro atoms. The zero-order chi connectivity index (χ0) is 11.8. The highest BCUT2D eigenvalue weighted by Crippen LogP contribution is 2.28. The van der Waals surface area contributed by atoms with Gasteiger partial charge in [-0.05, 0) is 12.1 Å². The van der Waals surface area contributed by atoms with E-state index in [4.69, 9.17) is 5.73 Å². The maximum atomic E-state index is 12.3. The second kappa shape index (κ2) is 3.47. The highest BCUT2D eigenvalue weighted by atomic mass is 19.4. The maximum absolute atomic E-state index is 12.3. The van der Waals surface area contributed by atoms with Crippen LogP contribution in [0.15, 0.2) is 24.5 Å². The Balaban J connectivity index is 2.35. The zero-order valence-electron chi connectivity index (χ0n) is 7.81. The van der Waals surface area contributed by atoms with Gasteiger partial charge >= 0.3 is 6.18 Å². The van der Waals surface area contributed by atoms with Gasteiger partial charge in [-0.15, -0.1) is 10.2 Å². The molecule has 16 heavy (non-hydrogen) atoms. The first-order valence-corrected chi connectivity index (χ1v) is 4.18. The van der Waals surface area contributed by atoms with Crippen molar-refractivity contribution >= 4 is 5.82 Å². The van der Waals surface area contributed by atoms with Crippen molar-refractivity contribution in [2.45, 2.75) is 6.18 Å². The van der Waals surface area contributed by atoms with Gasteiger partial charge in [0, 0.05) is 6.20 Å². The van der Waals surface area contributed by atoms with Crippen LogP contribution in [0.4, 0.5) is 19.0 Å². The Morgan fingerprint density at radius 1 is 1.19 bits per heavy atom. The summed E-state index contributed by atoms with van der Waals surface area (Å²) in [4.78, 5) is 0. The number of nitrogen functional groups attached to an aromatic ring is 1. The first kappa shape index (κ1) is 10.4. The van der Waals surface area contributed by atoms with Crippen molar-refractivity contribution < 1.29 is 13.2 Å². The summed E-state index contributed by atoms with van der Waals surface area (Å²) >= 11 is 0. The Labute approximate surface area is 87.7 Å². The second-order valence-corrected chi connectivity index (χ2v) is 2.99. The van der Waals surface area contributed by atoms with E-state index in [0.717, 1.165) is 17.1 Å². The fourth-order valence-electron chi connectivity index (χ4n) is 1.05. The first-order chi connectivity index (χ1) is 7.47. The van der Waals surface area contributed by atoms with E-state index in [2.05, 4.69) is 15.3 Å². The molecular formula is C8H6F3N5. The van der Waals surface area contributed by atoms with E-state index in [-0.39, 0.29) is 11.6 Å². The minimum Gasteiger partial charge on any atom is -0.382 e. The van der Waals surface area contributed by atoms with E-state index in [1.807, 2.05) is 0 Å². The molecule has 8 heteroatoms. The van der Waals surface area contributed by atoms with Crippen molar-refractivity contribution in [2.24, 2.45) is 0 Å². The molecule has 5 nitrogen and oxygen atoms in total. The Bertz CT molecular complexity index is 487. The van der Waals surface area contributed by atoms with Crippen molar-refractivity contribution in [1.82, 2.24) is 20.0 Å². The van der Waals surface area contributed by atoms with Crippen molar-refractivity contribution in [1.29, 1.82) is 0 Å². The van der Waals surface area contributed by atoms with Gasteiger partial charge in [0.25, 0.3) is 0 Å². The minimum atomic E-state index is -4.42. The summed E-state index contributed by atoms with van der Waals surface area (Å²) in [5, 5.41) is 10.7. The molecule has 0 saturated carbocycles. The van der Waals surface area contributed by atoms with E-state index in [1.165, 1.54) is 12.1 Å². The minimum absolute atomic E-state index is 0.171. The van der Waals surface area contributed by atoms with Crippen LogP contribution in [0.1, 0.15) is 5.56 Å². The van der Waals surface area contributed by atoms with Crippen molar-refractivity contribution in [2.75, 3.05) is 5.73 Å². The van der Waals surface area contributed by atoms with Crippen LogP contribution < -0.4 is 5.73 Å². The van der Waals surface area contributed by atoms with Crippen molar-refractivity contribution in [3.05, 3.63) is 30.1 Å². The van der Waals surface area contributed by atoms with Gasteiger partial charge < -0.3 is 5.73 Å². The fourth-order valence-corrected chi connectivity index (χ4v) is 1.05. The van der Waals surface area contributed by atoms with Crippen molar-refractivity contribution in [3.8, 4) is 5.82 Å². The summed E-state index contributed by atoms with van der Waals surface area (Å²) in [7, 11) is 0. The van der Waals surface area contributed by atoms with Crippen LogP contribution in [0.3, 0.4) is 0 Å². The molecule has 2 aromatic rings. The molecule has 2 aromatic heterocycles. The van der Waals surface area contributed by atoms with Gasteiger partial charge in [0.2, 0.25) is 0 Å². The van der Waals surface area contributed by atoms with E-state index in [9.17, 15) is 13.2 Å². The highest BCUT2D eigenvalue weighted by molar-refractivity contribution is 5.31. The second-order valence-electron chi connectivity index (χ2n) is 2.99. The van der Waals surface area contributed by atoms with Gasteiger partial charge in [-0.2, -0.15) is 18.3 Å². The third kappa shape index (κ3) is 1.95. The number of rotatable bonds is 1. The Morgan fingerprint density at radius 2 is 1.94 bits per heavy atom. The Kier molecular flexibility index (Phi) is 2.26. The molecule has 2 rings (SSSR count). The molecule has 0 unspecified atom stereocenters. The van der Waals surface area contributed by atoms with Crippen LogP contribution in [0.25, 0.3) is 5.82 Å². The predicted molar refractivity (Wildman–Crippen MR) is 48.6 cm³/mol. The molecule has 2 N–H and O–H groups in total. The smallest absolute Gasteiger partial charge is 0.382 e. The van der Waals surface area contributed by atoms with Gasteiger partial charge in [-0.25, -0.2) is 4.68 Å².